The second-order valence-corrected chi connectivity index (χ2v) is 8.07. The number of hydrogen-bond acceptors (Lipinski definition) is 5. The number of aryl methyl sites for hydroxylation is 1. The minimum absolute atomic E-state index is 0.105. The number of nitrogens with zero attached hydrogens (tertiary/aromatic N) is 3. The lowest BCUT2D eigenvalue weighted by atomic mass is 10.0. The van der Waals surface area contributed by atoms with Crippen molar-refractivity contribution in [2.75, 3.05) is 20.2 Å². The lowest BCUT2D eigenvalue weighted by molar-refractivity contribution is 0.0588. The molecule has 0 bridgehead atoms. The Morgan fingerprint density at radius 2 is 1.73 bits per heavy atom. The number of Topliss-reactive ketones (excluding diaryl/α,β-unsaturated/α-hetero) is 1. The molecule has 0 N–H and O–H groups in total. The standard InChI is InChI=1S/C26H29N3O4/c1-17-9-11-20(12-10-17)25(31)29(15-13-21-8-6-7-14-27-21)16-22(30)23-18(2)24(26(32)33-5)28(4)19(23)3/h6-12,14H,13,15-16H2,1-5H3. The SMILES string of the molecule is COC(=O)c1c(C)c(C(=O)CN(CCc2ccccn2)C(=O)c2ccc(C)cc2)c(C)n1C. The number of esters is 1. The first-order valence-electron chi connectivity index (χ1n) is 10.8. The van der Waals surface area contributed by atoms with Gasteiger partial charge >= 0.3 is 5.97 Å². The molecule has 0 aliphatic carbocycles. The molecule has 0 atom stereocenters. The van der Waals surface area contributed by atoms with E-state index in [1.807, 2.05) is 37.3 Å². The first-order chi connectivity index (χ1) is 15.7. The van der Waals surface area contributed by atoms with E-state index in [-0.39, 0.29) is 18.2 Å². The van der Waals surface area contributed by atoms with Gasteiger partial charge in [-0.1, -0.05) is 23.8 Å². The fourth-order valence-corrected chi connectivity index (χ4v) is 3.95. The summed E-state index contributed by atoms with van der Waals surface area (Å²) in [4.78, 5) is 44.8. The number of rotatable bonds is 8. The quantitative estimate of drug-likeness (QED) is 0.389. The summed E-state index contributed by atoms with van der Waals surface area (Å²) in [5, 5.41) is 0. The van der Waals surface area contributed by atoms with Gasteiger partial charge in [0.15, 0.2) is 5.78 Å². The maximum absolute atomic E-state index is 13.4. The van der Waals surface area contributed by atoms with Crippen molar-refractivity contribution in [2.45, 2.75) is 27.2 Å². The Morgan fingerprint density at radius 3 is 2.33 bits per heavy atom. The lowest BCUT2D eigenvalue weighted by Gasteiger charge is -2.22. The predicted octanol–water partition coefficient (Wildman–Crippen LogP) is 3.70. The van der Waals surface area contributed by atoms with E-state index in [9.17, 15) is 14.4 Å². The fourth-order valence-electron chi connectivity index (χ4n) is 3.95. The lowest BCUT2D eigenvalue weighted by Crippen LogP contribution is -2.37. The Kier molecular flexibility index (Phi) is 7.43. The van der Waals surface area contributed by atoms with Crippen LogP contribution < -0.4 is 0 Å². The van der Waals surface area contributed by atoms with Gasteiger partial charge in [0.2, 0.25) is 0 Å². The number of benzene rings is 1. The first-order valence-corrected chi connectivity index (χ1v) is 10.8. The van der Waals surface area contributed by atoms with Gasteiger partial charge in [-0.2, -0.15) is 0 Å². The van der Waals surface area contributed by atoms with Crippen LogP contribution in [0.25, 0.3) is 0 Å². The molecule has 33 heavy (non-hydrogen) atoms. The summed E-state index contributed by atoms with van der Waals surface area (Å²) < 4.78 is 6.54. The van der Waals surface area contributed by atoms with Crippen LogP contribution in [0.2, 0.25) is 0 Å². The van der Waals surface area contributed by atoms with Gasteiger partial charge in [-0.25, -0.2) is 4.79 Å². The van der Waals surface area contributed by atoms with Gasteiger partial charge in [-0.05, 0) is 50.6 Å². The molecule has 2 heterocycles. The highest BCUT2D eigenvalue weighted by Crippen LogP contribution is 2.23. The van der Waals surface area contributed by atoms with Crippen LogP contribution in [0.4, 0.5) is 0 Å². The molecule has 0 saturated heterocycles. The van der Waals surface area contributed by atoms with Gasteiger partial charge in [0.25, 0.3) is 5.91 Å². The topological polar surface area (TPSA) is 81.5 Å². The van der Waals surface area contributed by atoms with Crippen LogP contribution in [0.3, 0.4) is 0 Å². The molecular weight excluding hydrogens is 418 g/mol. The predicted molar refractivity (Wildman–Crippen MR) is 126 cm³/mol. The van der Waals surface area contributed by atoms with Crippen molar-refractivity contribution in [3.05, 3.63) is 88.0 Å². The van der Waals surface area contributed by atoms with Crippen molar-refractivity contribution in [1.29, 1.82) is 0 Å². The first kappa shape index (κ1) is 23.9. The van der Waals surface area contributed by atoms with Crippen LogP contribution in [0.1, 0.15) is 53.7 Å². The third-order valence-corrected chi connectivity index (χ3v) is 5.87. The average Bonchev–Trinajstić information content (AvgIpc) is 3.04. The van der Waals surface area contributed by atoms with Crippen LogP contribution in [0.5, 0.6) is 0 Å². The second kappa shape index (κ2) is 10.3. The van der Waals surface area contributed by atoms with Crippen molar-refractivity contribution in [2.24, 2.45) is 7.05 Å². The number of carbonyl (C=O) groups is 3. The van der Waals surface area contributed by atoms with Crippen molar-refractivity contribution in [1.82, 2.24) is 14.5 Å². The summed E-state index contributed by atoms with van der Waals surface area (Å²) in [7, 11) is 3.03. The second-order valence-electron chi connectivity index (χ2n) is 8.07. The molecule has 0 spiro atoms. The van der Waals surface area contributed by atoms with Crippen LogP contribution in [0.15, 0.2) is 48.7 Å². The van der Waals surface area contributed by atoms with Crippen molar-refractivity contribution in [3.8, 4) is 0 Å². The van der Waals surface area contributed by atoms with E-state index >= 15 is 0 Å². The fraction of sp³-hybridized carbons (Fsp3) is 0.308. The molecule has 0 saturated carbocycles. The summed E-state index contributed by atoms with van der Waals surface area (Å²) in [5.74, 6) is -0.948. The summed E-state index contributed by atoms with van der Waals surface area (Å²) in [6, 6.07) is 12.9. The third-order valence-electron chi connectivity index (χ3n) is 5.87. The monoisotopic (exact) mass is 447 g/mol. The van der Waals surface area contributed by atoms with E-state index in [4.69, 9.17) is 4.74 Å². The molecule has 7 heteroatoms. The van der Waals surface area contributed by atoms with E-state index in [0.29, 0.717) is 41.0 Å². The molecule has 0 unspecified atom stereocenters. The maximum Gasteiger partial charge on any atom is 0.354 e. The van der Waals surface area contributed by atoms with Crippen molar-refractivity contribution < 1.29 is 19.1 Å². The van der Waals surface area contributed by atoms with Crippen molar-refractivity contribution in [3.63, 3.8) is 0 Å². The highest BCUT2D eigenvalue weighted by atomic mass is 16.5. The molecule has 3 aromatic rings. The zero-order chi connectivity index (χ0) is 24.1. The molecule has 0 radical (unpaired) electrons. The van der Waals surface area contributed by atoms with Gasteiger partial charge in [0.1, 0.15) is 5.69 Å². The largest absolute Gasteiger partial charge is 0.464 e. The van der Waals surface area contributed by atoms with Gasteiger partial charge in [0.05, 0.1) is 13.7 Å². The highest BCUT2D eigenvalue weighted by Gasteiger charge is 2.27. The molecular formula is C26H29N3O4. The smallest absolute Gasteiger partial charge is 0.354 e. The maximum atomic E-state index is 13.4. The molecule has 0 aliphatic rings. The van der Waals surface area contributed by atoms with Crippen LogP contribution in [0, 0.1) is 20.8 Å². The molecule has 3 rings (SSSR count). The van der Waals surface area contributed by atoms with Gasteiger partial charge < -0.3 is 14.2 Å². The number of hydrogen-bond donors (Lipinski definition) is 0. The minimum Gasteiger partial charge on any atom is -0.464 e. The number of methoxy groups -OCH3 is 1. The van der Waals surface area contributed by atoms with E-state index < -0.39 is 5.97 Å². The van der Waals surface area contributed by atoms with Gasteiger partial charge in [0, 0.05) is 48.7 Å². The van der Waals surface area contributed by atoms with E-state index in [2.05, 4.69) is 4.98 Å². The van der Waals surface area contributed by atoms with Crippen molar-refractivity contribution >= 4 is 17.7 Å². The highest BCUT2D eigenvalue weighted by molar-refractivity contribution is 6.06. The minimum atomic E-state index is -0.500. The van der Waals surface area contributed by atoms with E-state index in [0.717, 1.165) is 11.3 Å². The molecule has 0 aliphatic heterocycles. The Hall–Kier alpha value is -3.74. The zero-order valence-electron chi connectivity index (χ0n) is 19.7. The van der Waals surface area contributed by atoms with E-state index in [1.54, 1.807) is 48.7 Å². The number of pyridine rings is 1. The molecule has 1 aromatic carbocycles. The Balaban J connectivity index is 1.90. The van der Waals surface area contributed by atoms with Gasteiger partial charge in [-0.3, -0.25) is 14.6 Å². The van der Waals surface area contributed by atoms with Crippen LogP contribution in [-0.2, 0) is 18.2 Å². The Labute approximate surface area is 194 Å². The molecule has 0 fully saturated rings. The average molecular weight is 448 g/mol. The Bertz CT molecular complexity index is 1160. The van der Waals surface area contributed by atoms with Crippen LogP contribution in [-0.4, -0.2) is 52.3 Å². The molecule has 2 aromatic heterocycles. The normalized spacial score (nSPS) is 10.7. The zero-order valence-corrected chi connectivity index (χ0v) is 19.7. The summed E-state index contributed by atoms with van der Waals surface area (Å²) in [5.41, 5.74) is 4.40. The summed E-state index contributed by atoms with van der Waals surface area (Å²) in [6.45, 7) is 5.70. The third kappa shape index (κ3) is 5.19. The summed E-state index contributed by atoms with van der Waals surface area (Å²) in [6.07, 6.45) is 2.23. The number of amides is 1. The number of ketones is 1. The molecule has 7 nitrogen and oxygen atoms in total. The number of carbonyl (C=O) groups excluding carboxylic acids is 3. The van der Waals surface area contributed by atoms with Crippen LogP contribution >= 0.6 is 0 Å². The summed E-state index contributed by atoms with van der Waals surface area (Å²) >= 11 is 0. The van der Waals surface area contributed by atoms with E-state index in [1.165, 1.54) is 7.11 Å². The molecule has 172 valence electrons. The number of ether oxygens (including phenoxy) is 1. The molecule has 1 amide bonds. The Morgan fingerprint density at radius 1 is 1.03 bits per heavy atom. The van der Waals surface area contributed by atoms with Gasteiger partial charge in [-0.15, -0.1) is 0 Å². The number of aromatic nitrogens is 2.